The molecule has 0 radical (unpaired) electrons. The van der Waals surface area contributed by atoms with Gasteiger partial charge in [-0.15, -0.1) is 11.8 Å². The summed E-state index contributed by atoms with van der Waals surface area (Å²) in [4.78, 5) is 0. The van der Waals surface area contributed by atoms with Gasteiger partial charge in [0.25, 0.3) is 0 Å². The van der Waals surface area contributed by atoms with E-state index in [9.17, 15) is 0 Å². The minimum atomic E-state index is 1.21. The zero-order chi connectivity index (χ0) is 10.4. The van der Waals surface area contributed by atoms with Crippen LogP contribution in [0.1, 0.15) is 48.0 Å². The molecule has 0 aliphatic heterocycles. The molecule has 0 aromatic rings. The van der Waals surface area contributed by atoms with Crippen LogP contribution in [0.25, 0.3) is 0 Å². The van der Waals surface area contributed by atoms with Crippen LogP contribution in [0.15, 0.2) is 22.3 Å². The summed E-state index contributed by atoms with van der Waals surface area (Å²) in [5, 5.41) is 0. The fraction of sp³-hybridized carbons (Fsp3) is 0.538. The lowest BCUT2D eigenvalue weighted by Gasteiger charge is -1.94. The van der Waals surface area contributed by atoms with E-state index in [0.717, 1.165) is 0 Å². The predicted molar refractivity (Wildman–Crippen MR) is 60.5 cm³/mol. The van der Waals surface area contributed by atoms with Gasteiger partial charge in [0.2, 0.25) is 0 Å². The maximum atomic E-state index is 2.68. The molecule has 0 saturated heterocycles. The topological polar surface area (TPSA) is 0 Å². The lowest BCUT2D eigenvalue weighted by atomic mass is 10.1. The van der Waals surface area contributed by atoms with E-state index in [1.165, 1.54) is 17.6 Å². The maximum absolute atomic E-state index is 2.68. The minimum absolute atomic E-state index is 1.21. The Morgan fingerprint density at radius 2 is 1.08 bits per heavy atom. The van der Waals surface area contributed by atoms with Gasteiger partial charge in [-0.1, -0.05) is 11.1 Å². The summed E-state index contributed by atoms with van der Waals surface area (Å²) < 4.78 is 0. The summed E-state index contributed by atoms with van der Waals surface area (Å²) in [6.45, 7) is 12.5. The normalized spacial score (nSPS) is 14.9. The summed E-state index contributed by atoms with van der Waals surface area (Å²) in [5.41, 5.74) is 6.11. The van der Waals surface area contributed by atoms with Crippen LogP contribution in [0.3, 0.4) is 0 Å². The quantitative estimate of drug-likeness (QED) is 0.488. The largest absolute Gasteiger partial charge is 0.107 e. The highest BCUT2D eigenvalue weighted by Gasteiger charge is 2.10. The third-order valence-electron chi connectivity index (χ3n) is 2.62. The van der Waals surface area contributed by atoms with Crippen LogP contribution >= 0.6 is 0 Å². The third-order valence-corrected chi connectivity index (χ3v) is 2.62. The first-order valence-electron chi connectivity index (χ1n) is 4.71. The molecule has 13 heavy (non-hydrogen) atoms. The van der Waals surface area contributed by atoms with Gasteiger partial charge in [-0.05, 0) is 59.1 Å². The molecule has 0 fully saturated rings. The first-order valence-corrected chi connectivity index (χ1v) is 4.71. The van der Waals surface area contributed by atoms with Gasteiger partial charge in [0.1, 0.15) is 0 Å². The van der Waals surface area contributed by atoms with E-state index in [0.29, 0.717) is 0 Å². The lowest BCUT2D eigenvalue weighted by molar-refractivity contribution is 1.13. The van der Waals surface area contributed by atoms with Crippen molar-refractivity contribution < 1.29 is 0 Å². The zero-order valence-corrected chi connectivity index (χ0v) is 9.71. The Morgan fingerprint density at radius 3 is 1.15 bits per heavy atom. The fourth-order valence-corrected chi connectivity index (χ4v) is 1.30. The SMILES string of the molecule is CC#CC.CC1=C(C)C(C)=C(C)C1. The molecule has 0 amide bonds. The van der Waals surface area contributed by atoms with Gasteiger partial charge in [0.05, 0.1) is 0 Å². The summed E-state index contributed by atoms with van der Waals surface area (Å²) >= 11 is 0. The molecule has 0 unspecified atom stereocenters. The molecule has 0 aromatic carbocycles. The van der Waals surface area contributed by atoms with Crippen molar-refractivity contribution in [2.45, 2.75) is 48.0 Å². The molecule has 1 rings (SSSR count). The van der Waals surface area contributed by atoms with Crippen LogP contribution < -0.4 is 0 Å². The standard InChI is InChI=1S/C9H14.C4H6/c1-6-5-7(2)9(4)8(6)3;1-3-4-2/h5H2,1-4H3;1-2H3. The van der Waals surface area contributed by atoms with E-state index in [1.807, 2.05) is 13.8 Å². The molecule has 1 aliphatic rings. The molecular weight excluding hydrogens is 156 g/mol. The molecule has 0 bridgehead atoms. The summed E-state index contributed by atoms with van der Waals surface area (Å²) in [5.74, 6) is 5.36. The van der Waals surface area contributed by atoms with Crippen molar-refractivity contribution in [2.75, 3.05) is 0 Å². The number of hydrogen-bond acceptors (Lipinski definition) is 0. The molecule has 0 nitrogen and oxygen atoms in total. The molecule has 0 heterocycles. The summed E-state index contributed by atoms with van der Waals surface area (Å²) in [6.07, 6.45) is 1.21. The Bertz CT molecular complexity index is 262. The summed E-state index contributed by atoms with van der Waals surface area (Å²) in [6, 6.07) is 0. The van der Waals surface area contributed by atoms with E-state index in [2.05, 4.69) is 39.5 Å². The lowest BCUT2D eigenvalue weighted by Crippen LogP contribution is -1.74. The molecule has 0 saturated carbocycles. The molecule has 0 atom stereocenters. The van der Waals surface area contributed by atoms with Crippen LogP contribution in [0, 0.1) is 11.8 Å². The van der Waals surface area contributed by atoms with Crippen LogP contribution in [-0.4, -0.2) is 0 Å². The van der Waals surface area contributed by atoms with Gasteiger partial charge in [-0.3, -0.25) is 0 Å². The van der Waals surface area contributed by atoms with Crippen molar-refractivity contribution in [2.24, 2.45) is 0 Å². The van der Waals surface area contributed by atoms with Gasteiger partial charge in [-0.2, -0.15) is 0 Å². The molecular formula is C13H20. The van der Waals surface area contributed by atoms with Crippen molar-refractivity contribution >= 4 is 0 Å². The second kappa shape index (κ2) is 5.65. The molecule has 1 aliphatic carbocycles. The molecule has 72 valence electrons. The van der Waals surface area contributed by atoms with Gasteiger partial charge >= 0.3 is 0 Å². The average molecular weight is 176 g/mol. The van der Waals surface area contributed by atoms with Crippen molar-refractivity contribution in [3.05, 3.63) is 22.3 Å². The molecule has 0 spiro atoms. The highest BCUT2D eigenvalue weighted by Crippen LogP contribution is 2.30. The van der Waals surface area contributed by atoms with Gasteiger partial charge in [-0.25, -0.2) is 0 Å². The van der Waals surface area contributed by atoms with Crippen molar-refractivity contribution in [3.8, 4) is 11.8 Å². The maximum Gasteiger partial charge on any atom is -0.00271 e. The van der Waals surface area contributed by atoms with Crippen molar-refractivity contribution in [1.29, 1.82) is 0 Å². The Balaban J connectivity index is 0.000000310. The number of rotatable bonds is 0. The Morgan fingerprint density at radius 1 is 0.769 bits per heavy atom. The molecule has 0 heteroatoms. The van der Waals surface area contributed by atoms with Gasteiger partial charge in [0.15, 0.2) is 0 Å². The Hall–Kier alpha value is -0.960. The number of hydrogen-bond donors (Lipinski definition) is 0. The van der Waals surface area contributed by atoms with Crippen LogP contribution in [0.2, 0.25) is 0 Å². The average Bonchev–Trinajstić information content (AvgIpc) is 2.34. The van der Waals surface area contributed by atoms with E-state index in [4.69, 9.17) is 0 Å². The predicted octanol–water partition coefficient (Wildman–Crippen LogP) is 4.09. The molecule has 0 N–H and O–H groups in total. The Kier molecular flexibility index (Phi) is 5.23. The van der Waals surface area contributed by atoms with E-state index >= 15 is 0 Å². The second-order valence-electron chi connectivity index (χ2n) is 3.49. The summed E-state index contributed by atoms with van der Waals surface area (Å²) in [7, 11) is 0. The number of allylic oxidation sites excluding steroid dienone is 4. The van der Waals surface area contributed by atoms with E-state index < -0.39 is 0 Å². The van der Waals surface area contributed by atoms with Crippen molar-refractivity contribution in [3.63, 3.8) is 0 Å². The van der Waals surface area contributed by atoms with Crippen molar-refractivity contribution in [1.82, 2.24) is 0 Å². The third kappa shape index (κ3) is 3.51. The van der Waals surface area contributed by atoms with Crippen LogP contribution in [0.5, 0.6) is 0 Å². The minimum Gasteiger partial charge on any atom is -0.107 e. The first-order chi connectivity index (χ1) is 6.04. The van der Waals surface area contributed by atoms with E-state index in [1.54, 1.807) is 11.1 Å². The second-order valence-corrected chi connectivity index (χ2v) is 3.49. The monoisotopic (exact) mass is 176 g/mol. The Labute approximate surface area is 82.7 Å². The smallest absolute Gasteiger partial charge is 0.00271 e. The fourth-order valence-electron chi connectivity index (χ4n) is 1.30. The van der Waals surface area contributed by atoms with E-state index in [-0.39, 0.29) is 0 Å². The van der Waals surface area contributed by atoms with Gasteiger partial charge in [0, 0.05) is 0 Å². The highest BCUT2D eigenvalue weighted by atomic mass is 14.2. The van der Waals surface area contributed by atoms with Gasteiger partial charge < -0.3 is 0 Å². The van der Waals surface area contributed by atoms with Crippen LogP contribution in [0.4, 0.5) is 0 Å². The highest BCUT2D eigenvalue weighted by molar-refractivity contribution is 5.43. The van der Waals surface area contributed by atoms with Crippen LogP contribution in [-0.2, 0) is 0 Å². The molecule has 0 aromatic heterocycles. The zero-order valence-electron chi connectivity index (χ0n) is 9.71. The first kappa shape index (κ1) is 12.0.